The normalized spacial score (nSPS) is 10.0. The number of rotatable bonds is 5. The van der Waals surface area contributed by atoms with Gasteiger partial charge in [-0.1, -0.05) is 6.07 Å². The molecule has 0 aliphatic rings. The fourth-order valence-electron chi connectivity index (χ4n) is 1.02. The van der Waals surface area contributed by atoms with Crippen molar-refractivity contribution in [2.24, 2.45) is 0 Å². The number of para-hydroxylation sites is 1. The molecule has 0 aromatic heterocycles. The Labute approximate surface area is 105 Å². The lowest BCUT2D eigenvalue weighted by molar-refractivity contribution is -0.137. The van der Waals surface area contributed by atoms with Gasteiger partial charge in [0.1, 0.15) is 5.75 Å². The molecule has 15 heavy (non-hydrogen) atoms. The summed E-state index contributed by atoms with van der Waals surface area (Å²) < 4.78 is 7.17. The summed E-state index contributed by atoms with van der Waals surface area (Å²) in [6, 6.07) is 5.63. The molecule has 0 radical (unpaired) electrons. The van der Waals surface area contributed by atoms with Gasteiger partial charge >= 0.3 is 5.97 Å². The number of halogens is 2. The molecule has 0 saturated heterocycles. The number of carboxylic acids is 1. The smallest absolute Gasteiger partial charge is 0.303 e. The molecule has 1 aromatic rings. The Kier molecular flexibility index (Phi) is 5.11. The maximum absolute atomic E-state index is 10.3. The third kappa shape index (κ3) is 4.22. The summed E-state index contributed by atoms with van der Waals surface area (Å²) >= 11 is 6.71. The minimum absolute atomic E-state index is 0.127. The van der Waals surface area contributed by atoms with Gasteiger partial charge in [-0.05, 0) is 50.4 Å². The highest BCUT2D eigenvalue weighted by molar-refractivity contribution is 9.11. The zero-order valence-electron chi connectivity index (χ0n) is 7.87. The topological polar surface area (TPSA) is 46.5 Å². The zero-order chi connectivity index (χ0) is 11.3. The first-order valence-corrected chi connectivity index (χ1v) is 5.98. The second-order valence-electron chi connectivity index (χ2n) is 2.90. The first-order valence-electron chi connectivity index (χ1n) is 4.40. The third-order valence-electron chi connectivity index (χ3n) is 1.70. The molecule has 0 atom stereocenters. The molecule has 0 saturated carbocycles. The minimum Gasteiger partial charge on any atom is -0.491 e. The van der Waals surface area contributed by atoms with Gasteiger partial charge in [0.05, 0.1) is 15.6 Å². The first-order chi connectivity index (χ1) is 7.11. The largest absolute Gasteiger partial charge is 0.491 e. The Balaban J connectivity index is 2.47. The molecule has 0 amide bonds. The van der Waals surface area contributed by atoms with Crippen LogP contribution < -0.4 is 4.74 Å². The minimum atomic E-state index is -0.801. The van der Waals surface area contributed by atoms with E-state index < -0.39 is 5.97 Å². The van der Waals surface area contributed by atoms with Gasteiger partial charge in [0.15, 0.2) is 0 Å². The van der Waals surface area contributed by atoms with E-state index in [4.69, 9.17) is 9.84 Å². The molecular formula is C10H10Br2O3. The lowest BCUT2D eigenvalue weighted by atomic mass is 10.3. The summed E-state index contributed by atoms with van der Waals surface area (Å²) in [5, 5.41) is 8.45. The molecule has 0 aliphatic carbocycles. The highest BCUT2D eigenvalue weighted by atomic mass is 79.9. The molecule has 82 valence electrons. The van der Waals surface area contributed by atoms with Crippen molar-refractivity contribution in [1.29, 1.82) is 0 Å². The molecule has 5 heteroatoms. The number of aliphatic carboxylic acids is 1. The monoisotopic (exact) mass is 336 g/mol. The maximum Gasteiger partial charge on any atom is 0.303 e. The van der Waals surface area contributed by atoms with E-state index >= 15 is 0 Å². The van der Waals surface area contributed by atoms with E-state index in [1.54, 1.807) is 0 Å². The van der Waals surface area contributed by atoms with Crippen LogP contribution in [0.2, 0.25) is 0 Å². The number of hydrogen-bond acceptors (Lipinski definition) is 2. The predicted octanol–water partition coefficient (Wildman–Crippen LogP) is 3.46. The van der Waals surface area contributed by atoms with Crippen molar-refractivity contribution in [2.45, 2.75) is 12.8 Å². The molecule has 1 rings (SSSR count). The SMILES string of the molecule is O=C(O)CCCOc1c(Br)cccc1Br. The van der Waals surface area contributed by atoms with Gasteiger partial charge in [-0.15, -0.1) is 0 Å². The van der Waals surface area contributed by atoms with Gasteiger partial charge in [0, 0.05) is 6.42 Å². The molecule has 0 unspecified atom stereocenters. The number of benzene rings is 1. The van der Waals surface area contributed by atoms with E-state index in [-0.39, 0.29) is 6.42 Å². The molecular weight excluding hydrogens is 328 g/mol. The van der Waals surface area contributed by atoms with Crippen molar-refractivity contribution in [3.05, 3.63) is 27.1 Å². The zero-order valence-corrected chi connectivity index (χ0v) is 11.0. The van der Waals surface area contributed by atoms with Crippen molar-refractivity contribution in [2.75, 3.05) is 6.61 Å². The molecule has 3 nitrogen and oxygen atoms in total. The Hall–Kier alpha value is -0.550. The first kappa shape index (κ1) is 12.5. The van der Waals surface area contributed by atoms with Gasteiger partial charge in [-0.25, -0.2) is 0 Å². The summed E-state index contributed by atoms with van der Waals surface area (Å²) in [4.78, 5) is 10.3. The summed E-state index contributed by atoms with van der Waals surface area (Å²) in [5.74, 6) is -0.0901. The van der Waals surface area contributed by atoms with Gasteiger partial charge in [-0.2, -0.15) is 0 Å². The van der Waals surface area contributed by atoms with E-state index in [2.05, 4.69) is 31.9 Å². The van der Waals surface area contributed by atoms with Gasteiger partial charge in [0.2, 0.25) is 0 Å². The Morgan fingerprint density at radius 1 is 1.33 bits per heavy atom. The van der Waals surface area contributed by atoms with E-state index in [0.717, 1.165) is 8.95 Å². The van der Waals surface area contributed by atoms with Crippen molar-refractivity contribution in [1.82, 2.24) is 0 Å². The predicted molar refractivity (Wildman–Crippen MR) is 64.2 cm³/mol. The highest BCUT2D eigenvalue weighted by Crippen LogP contribution is 2.32. The average molecular weight is 338 g/mol. The van der Waals surface area contributed by atoms with E-state index in [1.165, 1.54) is 0 Å². The fourth-order valence-corrected chi connectivity index (χ4v) is 2.25. The quantitative estimate of drug-likeness (QED) is 0.837. The van der Waals surface area contributed by atoms with Crippen molar-refractivity contribution < 1.29 is 14.6 Å². The number of carboxylic acid groups (broad SMARTS) is 1. The molecule has 1 aromatic carbocycles. The van der Waals surface area contributed by atoms with Crippen molar-refractivity contribution >= 4 is 37.8 Å². The van der Waals surface area contributed by atoms with Crippen LogP contribution in [0.5, 0.6) is 5.75 Å². The van der Waals surface area contributed by atoms with Crippen molar-refractivity contribution in [3.63, 3.8) is 0 Å². The van der Waals surface area contributed by atoms with Crippen LogP contribution in [0.4, 0.5) is 0 Å². The molecule has 0 fully saturated rings. The van der Waals surface area contributed by atoms with Crippen LogP contribution in [0, 0.1) is 0 Å². The lowest BCUT2D eigenvalue weighted by Crippen LogP contribution is -2.02. The number of carbonyl (C=O) groups is 1. The Bertz CT molecular complexity index is 332. The number of ether oxygens (including phenoxy) is 1. The Morgan fingerprint density at radius 2 is 1.93 bits per heavy atom. The lowest BCUT2D eigenvalue weighted by Gasteiger charge is -2.09. The van der Waals surface area contributed by atoms with Crippen LogP contribution >= 0.6 is 31.9 Å². The highest BCUT2D eigenvalue weighted by Gasteiger charge is 2.05. The molecule has 0 bridgehead atoms. The average Bonchev–Trinajstić information content (AvgIpc) is 2.15. The van der Waals surface area contributed by atoms with Crippen LogP contribution in [0.25, 0.3) is 0 Å². The molecule has 0 aliphatic heterocycles. The van der Waals surface area contributed by atoms with Crippen molar-refractivity contribution in [3.8, 4) is 5.75 Å². The Morgan fingerprint density at radius 3 is 2.47 bits per heavy atom. The van der Waals surface area contributed by atoms with E-state index in [1.807, 2.05) is 18.2 Å². The fraction of sp³-hybridized carbons (Fsp3) is 0.300. The summed E-state index contributed by atoms with van der Waals surface area (Å²) in [7, 11) is 0. The molecule has 0 heterocycles. The summed E-state index contributed by atoms with van der Waals surface area (Å²) in [6.07, 6.45) is 0.630. The second-order valence-corrected chi connectivity index (χ2v) is 4.61. The summed E-state index contributed by atoms with van der Waals surface area (Å²) in [5.41, 5.74) is 0. The van der Waals surface area contributed by atoms with Crippen LogP contribution in [0.1, 0.15) is 12.8 Å². The van der Waals surface area contributed by atoms with Crippen LogP contribution in [0.15, 0.2) is 27.1 Å². The summed E-state index contributed by atoms with van der Waals surface area (Å²) in [6.45, 7) is 0.396. The standard InChI is InChI=1S/C10H10Br2O3/c11-7-3-1-4-8(12)10(7)15-6-2-5-9(13)14/h1,3-4H,2,5-6H2,(H,13,14). The molecule has 0 spiro atoms. The third-order valence-corrected chi connectivity index (χ3v) is 2.95. The number of hydrogen-bond donors (Lipinski definition) is 1. The van der Waals surface area contributed by atoms with E-state index in [9.17, 15) is 4.79 Å². The van der Waals surface area contributed by atoms with Gasteiger partial charge < -0.3 is 9.84 Å². The molecule has 1 N–H and O–H groups in total. The van der Waals surface area contributed by atoms with Gasteiger partial charge in [0.25, 0.3) is 0 Å². The maximum atomic E-state index is 10.3. The van der Waals surface area contributed by atoms with E-state index in [0.29, 0.717) is 18.8 Å². The van der Waals surface area contributed by atoms with Gasteiger partial charge in [-0.3, -0.25) is 4.79 Å². The van der Waals surface area contributed by atoms with Crippen LogP contribution in [-0.2, 0) is 4.79 Å². The van der Waals surface area contributed by atoms with Crippen LogP contribution in [-0.4, -0.2) is 17.7 Å². The van der Waals surface area contributed by atoms with Crippen LogP contribution in [0.3, 0.4) is 0 Å². The second kappa shape index (κ2) is 6.12.